The molecule has 0 aliphatic carbocycles. The molecule has 27 heavy (non-hydrogen) atoms. The average molecular weight is 362 g/mol. The zero-order valence-corrected chi connectivity index (χ0v) is 14.5. The van der Waals surface area contributed by atoms with Crippen molar-refractivity contribution in [2.45, 2.75) is 0 Å². The van der Waals surface area contributed by atoms with Crippen LogP contribution in [-0.2, 0) is 0 Å². The van der Waals surface area contributed by atoms with E-state index in [0.29, 0.717) is 28.2 Å². The van der Waals surface area contributed by atoms with E-state index in [9.17, 15) is 4.39 Å². The lowest BCUT2D eigenvalue weighted by atomic mass is 9.98. The number of rotatable bonds is 3. The fourth-order valence-corrected chi connectivity index (χ4v) is 3.38. The molecule has 1 aliphatic rings. The van der Waals surface area contributed by atoms with Crippen LogP contribution >= 0.6 is 0 Å². The standard InChI is InChI=1S/C22H15FO4/c1-24-16-4-2-3-14(9-16)22-21(17-11-15(23)6-8-18(17)27-22)13-5-7-19-20(10-13)26-12-25-19/h2-11H,12H2,1H3. The monoisotopic (exact) mass is 362 g/mol. The van der Waals surface area contributed by atoms with Gasteiger partial charge in [-0.2, -0.15) is 0 Å². The fraction of sp³-hybridized carbons (Fsp3) is 0.0909. The number of furan rings is 1. The van der Waals surface area contributed by atoms with Crippen molar-refractivity contribution in [3.05, 3.63) is 66.5 Å². The van der Waals surface area contributed by atoms with Crippen molar-refractivity contribution >= 4 is 11.0 Å². The number of hydrogen-bond donors (Lipinski definition) is 0. The SMILES string of the molecule is COc1cccc(-c2oc3ccc(F)cc3c2-c2ccc3c(c2)OCO3)c1. The summed E-state index contributed by atoms with van der Waals surface area (Å²) in [6.45, 7) is 0.197. The van der Waals surface area contributed by atoms with Crippen molar-refractivity contribution in [2.75, 3.05) is 13.9 Å². The first-order chi connectivity index (χ1) is 13.2. The molecule has 0 saturated heterocycles. The first kappa shape index (κ1) is 15.8. The van der Waals surface area contributed by atoms with E-state index >= 15 is 0 Å². The molecule has 5 heteroatoms. The second-order valence-corrected chi connectivity index (χ2v) is 6.25. The van der Waals surface area contributed by atoms with E-state index in [1.54, 1.807) is 13.2 Å². The smallest absolute Gasteiger partial charge is 0.231 e. The summed E-state index contributed by atoms with van der Waals surface area (Å²) in [5, 5.41) is 0.701. The number of halogens is 1. The Morgan fingerprint density at radius 2 is 1.78 bits per heavy atom. The Kier molecular flexibility index (Phi) is 3.53. The van der Waals surface area contributed by atoms with Crippen molar-refractivity contribution in [1.29, 1.82) is 0 Å². The van der Waals surface area contributed by atoms with Crippen LogP contribution in [-0.4, -0.2) is 13.9 Å². The van der Waals surface area contributed by atoms with Gasteiger partial charge in [0.15, 0.2) is 11.5 Å². The number of benzene rings is 3. The zero-order chi connectivity index (χ0) is 18.4. The highest BCUT2D eigenvalue weighted by Gasteiger charge is 2.21. The maximum absolute atomic E-state index is 14.0. The van der Waals surface area contributed by atoms with Gasteiger partial charge in [-0.05, 0) is 48.0 Å². The molecule has 3 aromatic carbocycles. The van der Waals surface area contributed by atoms with Gasteiger partial charge >= 0.3 is 0 Å². The quantitative estimate of drug-likeness (QED) is 0.473. The molecule has 0 unspecified atom stereocenters. The van der Waals surface area contributed by atoms with Crippen LogP contribution in [0.1, 0.15) is 0 Å². The second kappa shape index (κ2) is 6.06. The van der Waals surface area contributed by atoms with Crippen molar-refractivity contribution in [1.82, 2.24) is 0 Å². The Hall–Kier alpha value is -3.47. The highest BCUT2D eigenvalue weighted by molar-refractivity contribution is 6.02. The Morgan fingerprint density at radius 3 is 2.67 bits per heavy atom. The van der Waals surface area contributed by atoms with Crippen LogP contribution < -0.4 is 14.2 Å². The summed E-state index contributed by atoms with van der Waals surface area (Å²) >= 11 is 0. The van der Waals surface area contributed by atoms with E-state index in [2.05, 4.69) is 0 Å². The third kappa shape index (κ3) is 2.59. The van der Waals surface area contributed by atoms with E-state index < -0.39 is 0 Å². The van der Waals surface area contributed by atoms with Gasteiger partial charge in [-0.25, -0.2) is 4.39 Å². The summed E-state index contributed by atoms with van der Waals surface area (Å²) < 4.78 is 36.3. The maximum atomic E-state index is 14.0. The van der Waals surface area contributed by atoms with Crippen LogP contribution in [0.2, 0.25) is 0 Å². The molecule has 4 aromatic rings. The summed E-state index contributed by atoms with van der Waals surface area (Å²) in [5.41, 5.74) is 3.12. The predicted molar refractivity (Wildman–Crippen MR) is 99.7 cm³/mol. The predicted octanol–water partition coefficient (Wildman–Crippen LogP) is 5.64. The fourth-order valence-electron chi connectivity index (χ4n) is 3.38. The minimum absolute atomic E-state index is 0.197. The molecule has 1 aliphatic heterocycles. The summed E-state index contributed by atoms with van der Waals surface area (Å²) in [7, 11) is 1.62. The molecule has 0 bridgehead atoms. The second-order valence-electron chi connectivity index (χ2n) is 6.25. The highest BCUT2D eigenvalue weighted by Crippen LogP contribution is 2.44. The number of fused-ring (bicyclic) bond motifs is 2. The molecule has 0 saturated carbocycles. The van der Waals surface area contributed by atoms with E-state index in [1.165, 1.54) is 12.1 Å². The minimum Gasteiger partial charge on any atom is -0.497 e. The van der Waals surface area contributed by atoms with Crippen molar-refractivity contribution in [3.8, 4) is 39.7 Å². The van der Waals surface area contributed by atoms with Gasteiger partial charge in [-0.1, -0.05) is 18.2 Å². The van der Waals surface area contributed by atoms with Crippen LogP contribution in [0.15, 0.2) is 65.1 Å². The Labute approximate surface area is 154 Å². The van der Waals surface area contributed by atoms with Gasteiger partial charge < -0.3 is 18.6 Å². The number of hydrogen-bond acceptors (Lipinski definition) is 4. The van der Waals surface area contributed by atoms with Gasteiger partial charge in [0.05, 0.1) is 7.11 Å². The molecule has 134 valence electrons. The zero-order valence-electron chi connectivity index (χ0n) is 14.5. The van der Waals surface area contributed by atoms with E-state index in [4.69, 9.17) is 18.6 Å². The van der Waals surface area contributed by atoms with Crippen LogP contribution in [0.5, 0.6) is 17.2 Å². The van der Waals surface area contributed by atoms with Crippen molar-refractivity contribution in [3.63, 3.8) is 0 Å². The average Bonchev–Trinajstić information content (AvgIpc) is 3.31. The molecule has 0 radical (unpaired) electrons. The van der Waals surface area contributed by atoms with Gasteiger partial charge in [-0.15, -0.1) is 0 Å². The summed E-state index contributed by atoms with van der Waals surface area (Å²) in [6, 6.07) is 17.8. The van der Waals surface area contributed by atoms with Crippen LogP contribution in [0.25, 0.3) is 33.4 Å². The van der Waals surface area contributed by atoms with Crippen molar-refractivity contribution in [2.24, 2.45) is 0 Å². The van der Waals surface area contributed by atoms with Gasteiger partial charge in [-0.3, -0.25) is 0 Å². The Morgan fingerprint density at radius 1 is 0.889 bits per heavy atom. The third-order valence-corrected chi connectivity index (χ3v) is 4.64. The van der Waals surface area contributed by atoms with Crippen LogP contribution in [0, 0.1) is 5.82 Å². The van der Waals surface area contributed by atoms with E-state index in [0.717, 1.165) is 22.4 Å². The molecule has 1 aromatic heterocycles. The van der Waals surface area contributed by atoms with E-state index in [1.807, 2.05) is 42.5 Å². The normalized spacial score (nSPS) is 12.5. The lowest BCUT2D eigenvalue weighted by molar-refractivity contribution is 0.174. The molecular formula is C22H15FO4. The lowest BCUT2D eigenvalue weighted by Gasteiger charge is -2.07. The van der Waals surface area contributed by atoms with E-state index in [-0.39, 0.29) is 12.6 Å². The third-order valence-electron chi connectivity index (χ3n) is 4.64. The van der Waals surface area contributed by atoms with Crippen LogP contribution in [0.3, 0.4) is 0 Å². The lowest BCUT2D eigenvalue weighted by Crippen LogP contribution is -1.92. The summed E-state index contributed by atoms with van der Waals surface area (Å²) in [6.07, 6.45) is 0. The molecule has 0 atom stereocenters. The van der Waals surface area contributed by atoms with Crippen LogP contribution in [0.4, 0.5) is 4.39 Å². The first-order valence-electron chi connectivity index (χ1n) is 8.49. The molecule has 0 spiro atoms. The molecule has 2 heterocycles. The largest absolute Gasteiger partial charge is 0.497 e. The van der Waals surface area contributed by atoms with Crippen molar-refractivity contribution < 1.29 is 23.0 Å². The highest BCUT2D eigenvalue weighted by atomic mass is 19.1. The minimum atomic E-state index is -0.317. The molecule has 5 rings (SSSR count). The molecular weight excluding hydrogens is 347 g/mol. The molecule has 0 amide bonds. The Balaban J connectivity index is 1.79. The molecule has 0 fully saturated rings. The topological polar surface area (TPSA) is 40.8 Å². The van der Waals surface area contributed by atoms with Gasteiger partial charge in [0.25, 0.3) is 0 Å². The number of ether oxygens (including phenoxy) is 3. The first-order valence-corrected chi connectivity index (χ1v) is 8.49. The Bertz CT molecular complexity index is 1160. The van der Waals surface area contributed by atoms with Gasteiger partial charge in [0.2, 0.25) is 6.79 Å². The molecule has 4 nitrogen and oxygen atoms in total. The number of methoxy groups -OCH3 is 1. The van der Waals surface area contributed by atoms with Gasteiger partial charge in [0.1, 0.15) is 22.9 Å². The van der Waals surface area contributed by atoms with Gasteiger partial charge in [0, 0.05) is 16.5 Å². The summed E-state index contributed by atoms with van der Waals surface area (Å²) in [5.74, 6) is 2.40. The molecule has 0 N–H and O–H groups in total. The maximum Gasteiger partial charge on any atom is 0.231 e. The summed E-state index contributed by atoms with van der Waals surface area (Å²) in [4.78, 5) is 0.